The number of ether oxygens (including phenoxy) is 1. The van der Waals surface area contributed by atoms with Crippen LogP contribution in [0.4, 0.5) is 11.5 Å². The Labute approximate surface area is 150 Å². The highest BCUT2D eigenvalue weighted by molar-refractivity contribution is 9.10. The molecule has 0 spiro atoms. The van der Waals surface area contributed by atoms with E-state index in [0.29, 0.717) is 36.6 Å². The van der Waals surface area contributed by atoms with Crippen molar-refractivity contribution in [2.45, 2.75) is 6.42 Å². The number of benzene rings is 1. The van der Waals surface area contributed by atoms with Crippen LogP contribution in [0.1, 0.15) is 21.6 Å². The summed E-state index contributed by atoms with van der Waals surface area (Å²) in [5.74, 6) is 0.646. The van der Waals surface area contributed by atoms with Crippen LogP contribution in [0.5, 0.6) is 0 Å². The molecule has 0 aliphatic carbocycles. The second-order valence-electron chi connectivity index (χ2n) is 5.32. The predicted molar refractivity (Wildman–Crippen MR) is 98.0 cm³/mol. The summed E-state index contributed by atoms with van der Waals surface area (Å²) in [6.07, 6.45) is 1.42. The van der Waals surface area contributed by atoms with E-state index in [-0.39, 0.29) is 0 Å². The van der Waals surface area contributed by atoms with Gasteiger partial charge >= 0.3 is 0 Å². The van der Waals surface area contributed by atoms with E-state index in [9.17, 15) is 4.79 Å². The lowest BCUT2D eigenvalue weighted by Gasteiger charge is -2.20. The molecule has 0 atom stereocenters. The smallest absolute Gasteiger partial charge is 0.228 e. The van der Waals surface area contributed by atoms with Crippen molar-refractivity contribution < 1.29 is 9.53 Å². The van der Waals surface area contributed by atoms with E-state index >= 15 is 0 Å². The van der Waals surface area contributed by atoms with Crippen LogP contribution in [0.2, 0.25) is 0 Å². The first-order valence-electron chi connectivity index (χ1n) is 7.40. The summed E-state index contributed by atoms with van der Waals surface area (Å²) >= 11 is 3.35. The van der Waals surface area contributed by atoms with Gasteiger partial charge in [-0.1, -0.05) is 34.1 Å². The van der Waals surface area contributed by atoms with E-state index in [1.165, 1.54) is 0 Å². The van der Waals surface area contributed by atoms with Crippen LogP contribution in [0.15, 0.2) is 34.8 Å². The lowest BCUT2D eigenvalue weighted by atomic mass is 10.1. The van der Waals surface area contributed by atoms with E-state index < -0.39 is 0 Å². The molecule has 24 heavy (non-hydrogen) atoms. The zero-order chi connectivity index (χ0) is 17.5. The summed E-state index contributed by atoms with van der Waals surface area (Å²) < 4.78 is 5.86. The number of hydrogen-bond acceptors (Lipinski definition) is 4. The topological polar surface area (TPSA) is 46.8 Å². The first kappa shape index (κ1) is 18.1. The molecule has 0 saturated carbocycles. The van der Waals surface area contributed by atoms with Crippen LogP contribution in [0, 0.1) is 6.57 Å². The van der Waals surface area contributed by atoms with Crippen LogP contribution >= 0.6 is 15.9 Å². The lowest BCUT2D eigenvalue weighted by Crippen LogP contribution is -2.23. The summed E-state index contributed by atoms with van der Waals surface area (Å²) in [6, 6.07) is 9.29. The molecule has 5 nitrogen and oxygen atoms in total. The van der Waals surface area contributed by atoms with Crippen molar-refractivity contribution in [3.8, 4) is 0 Å². The second-order valence-corrected chi connectivity index (χ2v) is 6.18. The fourth-order valence-electron chi connectivity index (χ4n) is 2.28. The number of hydrogen-bond donors (Lipinski definition) is 0. The summed E-state index contributed by atoms with van der Waals surface area (Å²) in [5.41, 5.74) is 2.97. The highest BCUT2D eigenvalue weighted by Gasteiger charge is 2.11. The minimum absolute atomic E-state index is 0.515. The maximum absolute atomic E-state index is 11.1. The van der Waals surface area contributed by atoms with Gasteiger partial charge in [0.1, 0.15) is 5.82 Å². The van der Waals surface area contributed by atoms with E-state index in [0.717, 1.165) is 22.0 Å². The maximum atomic E-state index is 11.1. The van der Waals surface area contributed by atoms with Crippen LogP contribution in [0.25, 0.3) is 4.85 Å². The van der Waals surface area contributed by atoms with E-state index in [2.05, 4.69) is 25.8 Å². The molecule has 0 N–H and O–H groups in total. The Kier molecular flexibility index (Phi) is 6.47. The minimum Gasteiger partial charge on any atom is -0.383 e. The number of carbonyl (C=O) groups is 1. The Morgan fingerprint density at radius 3 is 2.83 bits per heavy atom. The number of carbonyl (C=O) groups excluding carboxylic acids is 1. The van der Waals surface area contributed by atoms with Gasteiger partial charge in [0.2, 0.25) is 5.69 Å². The highest BCUT2D eigenvalue weighted by Crippen LogP contribution is 2.27. The van der Waals surface area contributed by atoms with E-state index in [4.69, 9.17) is 11.3 Å². The predicted octanol–water partition coefficient (Wildman–Crippen LogP) is 3.88. The van der Waals surface area contributed by atoms with Crippen LogP contribution in [-0.4, -0.2) is 38.6 Å². The van der Waals surface area contributed by atoms with Gasteiger partial charge in [-0.3, -0.25) is 4.79 Å². The first-order valence-corrected chi connectivity index (χ1v) is 8.19. The van der Waals surface area contributed by atoms with Crippen molar-refractivity contribution in [2.24, 2.45) is 0 Å². The normalized spacial score (nSPS) is 10.2. The third-order valence-electron chi connectivity index (χ3n) is 3.60. The molecule has 0 fully saturated rings. The van der Waals surface area contributed by atoms with Crippen LogP contribution < -0.4 is 4.90 Å². The molecule has 1 aromatic heterocycles. The number of halogens is 1. The molecule has 1 aromatic carbocycles. The Hall–Kier alpha value is -2.23. The number of pyridine rings is 1. The zero-order valence-electron chi connectivity index (χ0n) is 13.6. The Bertz CT molecular complexity index is 771. The van der Waals surface area contributed by atoms with Gasteiger partial charge in [0.15, 0.2) is 6.29 Å². The third-order valence-corrected chi connectivity index (χ3v) is 4.32. The molecule has 0 radical (unpaired) electrons. The maximum Gasteiger partial charge on any atom is 0.228 e. The highest BCUT2D eigenvalue weighted by atomic mass is 79.9. The summed E-state index contributed by atoms with van der Waals surface area (Å²) in [7, 11) is 3.54. The Balaban J connectivity index is 2.28. The van der Waals surface area contributed by atoms with E-state index in [1.54, 1.807) is 13.2 Å². The molecule has 2 rings (SSSR count). The summed E-state index contributed by atoms with van der Waals surface area (Å²) in [4.78, 5) is 21.1. The second kappa shape index (κ2) is 8.57. The van der Waals surface area contributed by atoms with Gasteiger partial charge in [0, 0.05) is 42.9 Å². The van der Waals surface area contributed by atoms with Gasteiger partial charge in [-0.2, -0.15) is 0 Å². The number of methoxy groups -OCH3 is 1. The Morgan fingerprint density at radius 2 is 2.17 bits per heavy atom. The fourth-order valence-corrected chi connectivity index (χ4v) is 2.62. The molecule has 0 bridgehead atoms. The minimum atomic E-state index is 0.515. The quantitative estimate of drug-likeness (QED) is 0.534. The number of aromatic nitrogens is 1. The average Bonchev–Trinajstić information content (AvgIpc) is 2.61. The molecule has 1 heterocycles. The number of anilines is 1. The van der Waals surface area contributed by atoms with Crippen LogP contribution in [0.3, 0.4) is 0 Å². The molecule has 0 amide bonds. The van der Waals surface area contributed by atoms with Crippen molar-refractivity contribution in [2.75, 3.05) is 32.2 Å². The molecule has 0 aliphatic heterocycles. The molecular formula is C18H18BrN3O2. The van der Waals surface area contributed by atoms with Crippen molar-refractivity contribution in [1.82, 2.24) is 4.98 Å². The molecule has 124 valence electrons. The number of likely N-dealkylation sites (N-methyl/N-ethyl adjacent to an activating group) is 1. The van der Waals surface area contributed by atoms with Crippen molar-refractivity contribution >= 4 is 33.7 Å². The molecule has 0 unspecified atom stereocenters. The number of nitrogens with zero attached hydrogens (tertiary/aromatic N) is 3. The molecule has 6 heteroatoms. The summed E-state index contributed by atoms with van der Waals surface area (Å²) in [6.45, 7) is 8.53. The average molecular weight is 388 g/mol. The van der Waals surface area contributed by atoms with Gasteiger partial charge in [-0.15, -0.1) is 0 Å². The fraction of sp³-hybridized carbons (Fsp3) is 0.278. The number of rotatable bonds is 7. The molecule has 2 aromatic rings. The number of aldehydes is 1. The van der Waals surface area contributed by atoms with Gasteiger partial charge in [0.25, 0.3) is 0 Å². The third kappa shape index (κ3) is 4.40. The lowest BCUT2D eigenvalue weighted by molar-refractivity contribution is 0.112. The molecule has 0 aliphatic rings. The van der Waals surface area contributed by atoms with Gasteiger partial charge in [-0.25, -0.2) is 9.83 Å². The Morgan fingerprint density at radius 1 is 1.38 bits per heavy atom. The summed E-state index contributed by atoms with van der Waals surface area (Å²) in [5, 5.41) is 0. The first-order chi connectivity index (χ1) is 11.6. The zero-order valence-corrected chi connectivity index (χ0v) is 15.2. The van der Waals surface area contributed by atoms with Gasteiger partial charge in [-0.05, 0) is 17.7 Å². The van der Waals surface area contributed by atoms with Crippen molar-refractivity contribution in [1.29, 1.82) is 0 Å². The monoisotopic (exact) mass is 387 g/mol. The van der Waals surface area contributed by atoms with Crippen molar-refractivity contribution in [3.05, 3.63) is 63.0 Å². The standard InChI is InChI=1S/C18H18BrN3O2/c1-20-17-7-5-15(21-18(17)22(2)8-9-24-3)11-13-4-6-16(19)14(10-13)12-23/h4-7,10,12H,8-9,11H2,2-3H3. The largest absolute Gasteiger partial charge is 0.383 e. The molecular weight excluding hydrogens is 370 g/mol. The van der Waals surface area contributed by atoms with Gasteiger partial charge < -0.3 is 9.64 Å². The molecule has 0 saturated heterocycles. The van der Waals surface area contributed by atoms with Gasteiger partial charge in [0.05, 0.1) is 13.2 Å². The van der Waals surface area contributed by atoms with Crippen LogP contribution in [-0.2, 0) is 11.2 Å². The SMILES string of the molecule is [C-]#[N+]c1ccc(Cc2ccc(Br)c(C=O)c2)nc1N(C)CCOC. The van der Waals surface area contributed by atoms with E-state index in [1.807, 2.05) is 36.2 Å². The van der Waals surface area contributed by atoms with Crippen molar-refractivity contribution in [3.63, 3.8) is 0 Å².